The fourth-order valence-corrected chi connectivity index (χ4v) is 1.87. The zero-order valence-corrected chi connectivity index (χ0v) is 7.87. The second-order valence-corrected chi connectivity index (χ2v) is 3.99. The highest BCUT2D eigenvalue weighted by Crippen LogP contribution is 2.22. The third-order valence-corrected chi connectivity index (χ3v) is 2.83. The van der Waals surface area contributed by atoms with Gasteiger partial charge in [0.15, 0.2) is 16.5 Å². The van der Waals surface area contributed by atoms with Gasteiger partial charge in [0.25, 0.3) is 0 Å². The number of aliphatic hydroxyl groups excluding tert-OH is 4. The second-order valence-electron chi connectivity index (χ2n) is 2.97. The minimum Gasteiger partial charge on any atom is -0.394 e. The number of rotatable bonds is 2. The fourth-order valence-electron chi connectivity index (χ4n) is 1.23. The quantitative estimate of drug-likeness (QED) is 0.319. The van der Waals surface area contributed by atoms with E-state index in [-0.39, 0.29) is 0 Å². The highest BCUT2D eigenvalue weighted by atomic mass is 32.2. The molecule has 1 aliphatic heterocycles. The van der Waals surface area contributed by atoms with Crippen LogP contribution in [-0.2, 0) is 15.8 Å². The number of hydrogen-bond donors (Lipinski definition) is 5. The first-order chi connectivity index (χ1) is 6.49. The molecule has 5 N–H and O–H groups in total. The van der Waals surface area contributed by atoms with Gasteiger partial charge in [0, 0.05) is 0 Å². The lowest BCUT2D eigenvalue weighted by Crippen LogP contribution is -2.59. The summed E-state index contributed by atoms with van der Waals surface area (Å²) >= 11 is -2.49. The van der Waals surface area contributed by atoms with E-state index < -0.39 is 47.5 Å². The van der Waals surface area contributed by atoms with E-state index in [0.29, 0.717) is 0 Å². The summed E-state index contributed by atoms with van der Waals surface area (Å²) in [5, 5.41) is 36.4. The molecular formula is C6H12O7S. The zero-order valence-electron chi connectivity index (χ0n) is 7.05. The molecule has 0 radical (unpaired) electrons. The van der Waals surface area contributed by atoms with Gasteiger partial charge in [-0.05, 0) is 0 Å². The molecule has 84 valence electrons. The normalized spacial score (nSPS) is 46.2. The van der Waals surface area contributed by atoms with Crippen LogP contribution >= 0.6 is 0 Å². The summed E-state index contributed by atoms with van der Waals surface area (Å²) in [6, 6.07) is 0. The summed E-state index contributed by atoms with van der Waals surface area (Å²) in [5.74, 6) is 0. The number of aliphatic hydroxyl groups is 4. The van der Waals surface area contributed by atoms with Crippen molar-refractivity contribution in [1.29, 1.82) is 0 Å². The van der Waals surface area contributed by atoms with Crippen molar-refractivity contribution >= 4 is 11.1 Å². The van der Waals surface area contributed by atoms with Crippen LogP contribution in [0.5, 0.6) is 0 Å². The van der Waals surface area contributed by atoms with Crippen LogP contribution in [0.3, 0.4) is 0 Å². The molecule has 1 rings (SSSR count). The molecule has 7 nitrogen and oxygen atoms in total. The monoisotopic (exact) mass is 228 g/mol. The van der Waals surface area contributed by atoms with Crippen LogP contribution < -0.4 is 0 Å². The minimum absolute atomic E-state index is 0.612. The van der Waals surface area contributed by atoms with Crippen LogP contribution in [-0.4, -0.2) is 65.6 Å². The van der Waals surface area contributed by atoms with E-state index in [1.807, 2.05) is 0 Å². The van der Waals surface area contributed by atoms with Crippen molar-refractivity contribution in [2.75, 3.05) is 6.61 Å². The van der Waals surface area contributed by atoms with Gasteiger partial charge in [0.05, 0.1) is 6.61 Å². The Bertz CT molecular complexity index is 220. The Morgan fingerprint density at radius 3 is 2.14 bits per heavy atom. The predicted octanol–water partition coefficient (Wildman–Crippen LogP) is -2.99. The minimum atomic E-state index is -2.49. The zero-order chi connectivity index (χ0) is 10.9. The largest absolute Gasteiger partial charge is 0.394 e. The molecule has 1 heterocycles. The summed E-state index contributed by atoms with van der Waals surface area (Å²) in [4.78, 5) is 0. The van der Waals surface area contributed by atoms with Gasteiger partial charge in [-0.3, -0.25) is 0 Å². The molecule has 14 heavy (non-hydrogen) atoms. The molecule has 0 aromatic heterocycles. The van der Waals surface area contributed by atoms with Crippen molar-refractivity contribution in [3.8, 4) is 0 Å². The Hall–Kier alpha value is -0.0900. The van der Waals surface area contributed by atoms with E-state index in [0.717, 1.165) is 0 Å². The maximum absolute atomic E-state index is 10.6. The van der Waals surface area contributed by atoms with Crippen LogP contribution in [0.2, 0.25) is 0 Å². The van der Waals surface area contributed by atoms with Gasteiger partial charge in [0.2, 0.25) is 0 Å². The summed E-state index contributed by atoms with van der Waals surface area (Å²) in [6.45, 7) is -0.612. The van der Waals surface area contributed by atoms with Crippen LogP contribution in [0.4, 0.5) is 0 Å². The molecule has 0 spiro atoms. The Kier molecular flexibility index (Phi) is 3.95. The average Bonchev–Trinajstić information content (AvgIpc) is 2.14. The Balaban J connectivity index is 2.78. The summed E-state index contributed by atoms with van der Waals surface area (Å²) in [6.07, 6.45) is -5.91. The van der Waals surface area contributed by atoms with Crippen molar-refractivity contribution in [1.82, 2.24) is 0 Å². The molecular weight excluding hydrogens is 216 g/mol. The second kappa shape index (κ2) is 4.62. The third-order valence-electron chi connectivity index (χ3n) is 2.05. The molecule has 1 saturated heterocycles. The molecule has 0 saturated carbocycles. The molecule has 0 amide bonds. The van der Waals surface area contributed by atoms with E-state index in [1.165, 1.54) is 0 Å². The van der Waals surface area contributed by atoms with Crippen molar-refractivity contribution in [2.24, 2.45) is 0 Å². The highest BCUT2D eigenvalue weighted by Gasteiger charge is 2.45. The predicted molar refractivity (Wildman–Crippen MR) is 44.5 cm³/mol. The standard InChI is InChI=1S/C6H12O7S/c7-1-2-3(8)4(9)5(10)6(13-2)14(11)12/h2-10H,1H2,(H,11,12)/t2-,3-,4+,5+,6?/m1/s1. The Morgan fingerprint density at radius 2 is 1.71 bits per heavy atom. The van der Waals surface area contributed by atoms with Gasteiger partial charge < -0.3 is 29.7 Å². The Labute approximate surface area is 82.2 Å². The van der Waals surface area contributed by atoms with Crippen LogP contribution in [0, 0.1) is 0 Å². The van der Waals surface area contributed by atoms with E-state index in [2.05, 4.69) is 0 Å². The number of hydrogen-bond acceptors (Lipinski definition) is 6. The maximum atomic E-state index is 10.6. The van der Waals surface area contributed by atoms with Gasteiger partial charge in [-0.25, -0.2) is 4.21 Å². The summed E-state index contributed by atoms with van der Waals surface area (Å²) in [7, 11) is 0. The fraction of sp³-hybridized carbons (Fsp3) is 1.00. The van der Waals surface area contributed by atoms with Crippen molar-refractivity contribution in [3.05, 3.63) is 0 Å². The third kappa shape index (κ3) is 2.11. The lowest BCUT2D eigenvalue weighted by molar-refractivity contribution is -0.207. The summed E-state index contributed by atoms with van der Waals surface area (Å²) in [5.41, 5.74) is -1.52. The van der Waals surface area contributed by atoms with Crippen LogP contribution in [0.25, 0.3) is 0 Å². The molecule has 0 aromatic carbocycles. The van der Waals surface area contributed by atoms with Gasteiger partial charge in [0.1, 0.15) is 24.4 Å². The lowest BCUT2D eigenvalue weighted by atomic mass is 10.0. The molecule has 1 fully saturated rings. The molecule has 0 aliphatic carbocycles. The SMILES string of the molecule is O=S(O)C1O[C@H](CO)[C@@H](O)[C@H](O)[C@@H]1O. The molecule has 1 aliphatic rings. The van der Waals surface area contributed by atoms with E-state index in [1.54, 1.807) is 0 Å². The van der Waals surface area contributed by atoms with Crippen molar-refractivity contribution < 1.29 is 33.9 Å². The lowest BCUT2D eigenvalue weighted by Gasteiger charge is -2.38. The molecule has 6 atom stereocenters. The molecule has 8 heteroatoms. The Morgan fingerprint density at radius 1 is 1.14 bits per heavy atom. The smallest absolute Gasteiger partial charge is 0.186 e. The first-order valence-corrected chi connectivity index (χ1v) is 5.06. The van der Waals surface area contributed by atoms with Crippen molar-refractivity contribution in [2.45, 2.75) is 29.9 Å². The topological polar surface area (TPSA) is 127 Å². The first-order valence-electron chi connectivity index (χ1n) is 3.89. The van der Waals surface area contributed by atoms with Gasteiger partial charge >= 0.3 is 0 Å². The molecule has 2 unspecified atom stereocenters. The van der Waals surface area contributed by atoms with Gasteiger partial charge in [-0.1, -0.05) is 0 Å². The average molecular weight is 228 g/mol. The van der Waals surface area contributed by atoms with E-state index >= 15 is 0 Å². The molecule has 0 bridgehead atoms. The van der Waals surface area contributed by atoms with Crippen LogP contribution in [0.15, 0.2) is 0 Å². The van der Waals surface area contributed by atoms with Crippen LogP contribution in [0.1, 0.15) is 0 Å². The van der Waals surface area contributed by atoms with E-state index in [4.69, 9.17) is 14.4 Å². The van der Waals surface area contributed by atoms with E-state index in [9.17, 15) is 19.5 Å². The first kappa shape index (κ1) is 12.0. The van der Waals surface area contributed by atoms with Gasteiger partial charge in [-0.2, -0.15) is 0 Å². The number of ether oxygens (including phenoxy) is 1. The highest BCUT2D eigenvalue weighted by molar-refractivity contribution is 7.79. The van der Waals surface area contributed by atoms with Gasteiger partial charge in [-0.15, -0.1) is 0 Å². The summed E-state index contributed by atoms with van der Waals surface area (Å²) < 4.78 is 24.0. The molecule has 0 aromatic rings. The van der Waals surface area contributed by atoms with Crippen molar-refractivity contribution in [3.63, 3.8) is 0 Å². The maximum Gasteiger partial charge on any atom is 0.186 e.